The maximum Gasteiger partial charge on any atom is 0.229 e. The fourth-order valence-electron chi connectivity index (χ4n) is 5.47. The molecule has 2 fully saturated rings. The number of halogens is 2. The fourth-order valence-corrected chi connectivity index (χ4v) is 5.47. The van der Waals surface area contributed by atoms with Crippen LogP contribution in [-0.2, 0) is 11.3 Å². The van der Waals surface area contributed by atoms with Crippen molar-refractivity contribution >= 4 is 28.5 Å². The van der Waals surface area contributed by atoms with Crippen molar-refractivity contribution < 1.29 is 13.5 Å². The van der Waals surface area contributed by atoms with Crippen molar-refractivity contribution in [2.75, 3.05) is 56.2 Å². The summed E-state index contributed by atoms with van der Waals surface area (Å²) in [6.07, 6.45) is 5.22. The molecule has 4 aromatic rings. The van der Waals surface area contributed by atoms with Crippen molar-refractivity contribution in [3.8, 4) is 5.69 Å². The van der Waals surface area contributed by atoms with Gasteiger partial charge in [-0.3, -0.25) is 4.90 Å². The maximum absolute atomic E-state index is 15.1. The lowest BCUT2D eigenvalue weighted by atomic mass is 10.0. The number of ether oxygens (including phenoxy) is 1. The molecule has 11 heteroatoms. The first-order valence-electron chi connectivity index (χ1n) is 13.6. The van der Waals surface area contributed by atoms with Crippen LogP contribution >= 0.6 is 0 Å². The smallest absolute Gasteiger partial charge is 0.229 e. The van der Waals surface area contributed by atoms with Gasteiger partial charge in [-0.15, -0.1) is 0 Å². The SMILES string of the molecule is Cc1cc(Nc2ncc3ccn(-c4cc(F)c(CN5CCOCC5)c(F)c4)c3n2)cnc1N1CCNC(C)(C)C1. The van der Waals surface area contributed by atoms with Gasteiger partial charge in [0.25, 0.3) is 0 Å². The van der Waals surface area contributed by atoms with Crippen LogP contribution in [0.2, 0.25) is 0 Å². The van der Waals surface area contributed by atoms with Crippen LogP contribution in [0, 0.1) is 18.6 Å². The Hall–Kier alpha value is -3.67. The van der Waals surface area contributed by atoms with Gasteiger partial charge in [0.1, 0.15) is 23.1 Å². The summed E-state index contributed by atoms with van der Waals surface area (Å²) in [5.74, 6) is 0.177. The molecule has 0 amide bonds. The second-order valence-corrected chi connectivity index (χ2v) is 11.2. The molecule has 0 unspecified atom stereocenters. The van der Waals surface area contributed by atoms with Crippen LogP contribution in [0.3, 0.4) is 0 Å². The van der Waals surface area contributed by atoms with E-state index in [2.05, 4.69) is 39.3 Å². The Labute approximate surface area is 232 Å². The van der Waals surface area contributed by atoms with E-state index in [-0.39, 0.29) is 17.6 Å². The summed E-state index contributed by atoms with van der Waals surface area (Å²) in [6.45, 7) is 11.8. The summed E-state index contributed by atoms with van der Waals surface area (Å²) >= 11 is 0. The minimum Gasteiger partial charge on any atom is -0.379 e. The van der Waals surface area contributed by atoms with Crippen molar-refractivity contribution in [2.24, 2.45) is 0 Å². The quantitative estimate of drug-likeness (QED) is 0.372. The van der Waals surface area contributed by atoms with Crippen LogP contribution in [0.15, 0.2) is 42.9 Å². The highest BCUT2D eigenvalue weighted by Gasteiger charge is 2.27. The van der Waals surface area contributed by atoms with Gasteiger partial charge in [-0.1, -0.05) is 0 Å². The largest absolute Gasteiger partial charge is 0.379 e. The van der Waals surface area contributed by atoms with Gasteiger partial charge in [-0.05, 0) is 50.6 Å². The number of anilines is 3. The number of aryl methyl sites for hydroxylation is 1. The molecule has 0 radical (unpaired) electrons. The third kappa shape index (κ3) is 5.49. The molecule has 0 atom stereocenters. The average molecular weight is 549 g/mol. The molecule has 9 nitrogen and oxygen atoms in total. The summed E-state index contributed by atoms with van der Waals surface area (Å²) in [5, 5.41) is 7.52. The molecule has 2 N–H and O–H groups in total. The first-order chi connectivity index (χ1) is 19.3. The number of hydrogen-bond acceptors (Lipinski definition) is 8. The van der Waals surface area contributed by atoms with Gasteiger partial charge in [0, 0.05) is 68.2 Å². The Morgan fingerprint density at radius 3 is 2.55 bits per heavy atom. The van der Waals surface area contributed by atoms with Crippen molar-refractivity contribution in [3.63, 3.8) is 0 Å². The number of rotatable bonds is 6. The van der Waals surface area contributed by atoms with E-state index in [1.54, 1.807) is 23.2 Å². The molecule has 5 heterocycles. The standard InChI is InChI=1S/C29H34F2N8O/c1-19-12-21(16-32-26(19)38-7-5-34-29(2,3)18-38)35-28-33-15-20-4-6-39(27(20)36-28)22-13-24(30)23(25(31)14-22)17-37-8-10-40-11-9-37/h4,6,12-16,34H,5,7-11,17-18H2,1-3H3,(H,33,35,36). The highest BCUT2D eigenvalue weighted by atomic mass is 19.1. The van der Waals surface area contributed by atoms with E-state index >= 15 is 8.78 Å². The number of hydrogen-bond donors (Lipinski definition) is 2. The molecule has 0 saturated carbocycles. The molecule has 2 saturated heterocycles. The first kappa shape index (κ1) is 26.5. The van der Waals surface area contributed by atoms with Crippen LogP contribution in [-0.4, -0.2) is 75.9 Å². The zero-order valence-corrected chi connectivity index (χ0v) is 23.0. The monoisotopic (exact) mass is 548 g/mol. The van der Waals surface area contributed by atoms with Gasteiger partial charge >= 0.3 is 0 Å². The summed E-state index contributed by atoms with van der Waals surface area (Å²) in [6, 6.07) is 6.57. The van der Waals surface area contributed by atoms with E-state index < -0.39 is 11.6 Å². The third-order valence-electron chi connectivity index (χ3n) is 7.49. The van der Waals surface area contributed by atoms with Crippen molar-refractivity contribution in [2.45, 2.75) is 32.9 Å². The van der Waals surface area contributed by atoms with E-state index in [0.29, 0.717) is 43.6 Å². The number of pyridine rings is 1. The number of piperazine rings is 1. The number of fused-ring (bicyclic) bond motifs is 1. The van der Waals surface area contributed by atoms with Crippen LogP contribution in [0.25, 0.3) is 16.7 Å². The molecule has 3 aromatic heterocycles. The Morgan fingerprint density at radius 1 is 1.05 bits per heavy atom. The zero-order valence-electron chi connectivity index (χ0n) is 23.0. The van der Waals surface area contributed by atoms with Gasteiger partial charge in [-0.2, -0.15) is 4.98 Å². The zero-order chi connectivity index (χ0) is 27.9. The van der Waals surface area contributed by atoms with Gasteiger partial charge in [-0.25, -0.2) is 18.7 Å². The predicted molar refractivity (Wildman–Crippen MR) is 151 cm³/mol. The Balaban J connectivity index is 1.23. The molecule has 2 aliphatic heterocycles. The van der Waals surface area contributed by atoms with Crippen molar-refractivity contribution in [3.05, 3.63) is 65.6 Å². The number of benzene rings is 1. The minimum absolute atomic E-state index is 0.0242. The lowest BCUT2D eigenvalue weighted by Gasteiger charge is -2.40. The Bertz CT molecular complexity index is 1510. The van der Waals surface area contributed by atoms with Gasteiger partial charge in [0.05, 0.1) is 30.8 Å². The first-order valence-corrected chi connectivity index (χ1v) is 13.6. The molecule has 210 valence electrons. The molecule has 2 aliphatic rings. The minimum atomic E-state index is -0.578. The second-order valence-electron chi connectivity index (χ2n) is 11.2. The van der Waals surface area contributed by atoms with Crippen LogP contribution in [0.4, 0.5) is 26.2 Å². The molecular formula is C29H34F2N8O. The molecule has 0 bridgehead atoms. The third-order valence-corrected chi connectivity index (χ3v) is 7.49. The van der Waals surface area contributed by atoms with E-state index in [1.165, 1.54) is 12.1 Å². The number of nitrogens with zero attached hydrogens (tertiary/aromatic N) is 6. The molecule has 40 heavy (non-hydrogen) atoms. The van der Waals surface area contributed by atoms with Crippen LogP contribution in [0.1, 0.15) is 25.0 Å². The summed E-state index contributed by atoms with van der Waals surface area (Å²) in [4.78, 5) is 18.1. The normalized spacial score (nSPS) is 17.9. The van der Waals surface area contributed by atoms with Gasteiger partial charge < -0.3 is 24.8 Å². The van der Waals surface area contributed by atoms with Crippen molar-refractivity contribution in [1.29, 1.82) is 0 Å². The molecule has 6 rings (SSSR count). The molecule has 1 aromatic carbocycles. The highest BCUT2D eigenvalue weighted by molar-refractivity contribution is 5.79. The van der Waals surface area contributed by atoms with Crippen LogP contribution < -0.4 is 15.5 Å². The van der Waals surface area contributed by atoms with Crippen molar-refractivity contribution in [1.82, 2.24) is 29.7 Å². The topological polar surface area (TPSA) is 83.4 Å². The van der Waals surface area contributed by atoms with E-state index in [0.717, 1.165) is 42.1 Å². The van der Waals surface area contributed by atoms with E-state index in [9.17, 15) is 0 Å². The molecular weight excluding hydrogens is 514 g/mol. The molecule has 0 aliphatic carbocycles. The van der Waals surface area contributed by atoms with Gasteiger partial charge in [0.15, 0.2) is 0 Å². The Kier molecular flexibility index (Phi) is 7.11. The average Bonchev–Trinajstić information content (AvgIpc) is 3.34. The highest BCUT2D eigenvalue weighted by Crippen LogP contribution is 2.27. The summed E-state index contributed by atoms with van der Waals surface area (Å²) in [5.41, 5.74) is 2.81. The number of aromatic nitrogens is 4. The van der Waals surface area contributed by atoms with E-state index in [4.69, 9.17) is 9.72 Å². The second kappa shape index (κ2) is 10.7. The van der Waals surface area contributed by atoms with E-state index in [1.807, 2.05) is 24.0 Å². The number of nitrogens with one attached hydrogen (secondary N) is 2. The lowest BCUT2D eigenvalue weighted by molar-refractivity contribution is 0.0332. The summed E-state index contributed by atoms with van der Waals surface area (Å²) in [7, 11) is 0. The maximum atomic E-state index is 15.1. The van der Waals surface area contributed by atoms with Crippen LogP contribution in [0.5, 0.6) is 0 Å². The summed E-state index contributed by atoms with van der Waals surface area (Å²) < 4.78 is 37.2. The Morgan fingerprint density at radius 2 is 1.82 bits per heavy atom. The lowest BCUT2D eigenvalue weighted by Crippen LogP contribution is -2.57. The molecule has 0 spiro atoms. The predicted octanol–water partition coefficient (Wildman–Crippen LogP) is 4.17. The fraction of sp³-hybridized carbons (Fsp3) is 0.414. The number of morpholine rings is 1. The van der Waals surface area contributed by atoms with Gasteiger partial charge in [0.2, 0.25) is 5.95 Å².